The Morgan fingerprint density at radius 2 is 1.68 bits per heavy atom. The molecule has 1 saturated heterocycles. The maximum Gasteiger partial charge on any atom is 0.247 e. The van der Waals surface area contributed by atoms with Crippen LogP contribution in [-0.4, -0.2) is 35.3 Å². The molecule has 0 radical (unpaired) electrons. The molecule has 6 rings (SSSR count). The van der Waals surface area contributed by atoms with Crippen molar-refractivity contribution >= 4 is 23.4 Å². The fourth-order valence-electron chi connectivity index (χ4n) is 5.53. The Bertz CT molecular complexity index is 841. The van der Waals surface area contributed by atoms with Crippen molar-refractivity contribution in [1.82, 2.24) is 4.90 Å². The highest BCUT2D eigenvalue weighted by Gasteiger charge is 2.67. The van der Waals surface area contributed by atoms with Crippen LogP contribution in [0.2, 0.25) is 0 Å². The Kier molecular flexibility index (Phi) is 3.86. The van der Waals surface area contributed by atoms with Gasteiger partial charge in [0.05, 0.1) is 18.4 Å². The van der Waals surface area contributed by atoms with Gasteiger partial charge in [0.1, 0.15) is 11.8 Å². The number of nitrogens with one attached hydrogen (secondary N) is 1. The minimum Gasteiger partial charge on any atom is -0.494 e. The number of benzene rings is 1. The second-order valence-electron chi connectivity index (χ2n) is 8.32. The van der Waals surface area contributed by atoms with Gasteiger partial charge in [0, 0.05) is 5.69 Å². The molecule has 3 amide bonds. The number of hydrogen-bond acceptors (Lipinski definition) is 4. The van der Waals surface area contributed by atoms with Crippen molar-refractivity contribution in [1.29, 1.82) is 0 Å². The van der Waals surface area contributed by atoms with Crippen molar-refractivity contribution in [3.8, 4) is 5.75 Å². The van der Waals surface area contributed by atoms with E-state index in [4.69, 9.17) is 4.74 Å². The number of ether oxygens (including phenoxy) is 1. The summed E-state index contributed by atoms with van der Waals surface area (Å²) in [7, 11) is 0. The zero-order chi connectivity index (χ0) is 19.6. The second-order valence-corrected chi connectivity index (χ2v) is 8.32. The third-order valence-corrected chi connectivity index (χ3v) is 6.90. The molecule has 1 heterocycles. The maximum absolute atomic E-state index is 13.1. The molecule has 0 unspecified atom stereocenters. The van der Waals surface area contributed by atoms with E-state index in [2.05, 4.69) is 17.5 Å². The molecule has 6 nitrogen and oxygen atoms in total. The number of carbonyl (C=O) groups excluding carboxylic acids is 3. The molecule has 0 spiro atoms. The van der Waals surface area contributed by atoms with Crippen LogP contribution in [0.1, 0.15) is 20.3 Å². The maximum atomic E-state index is 13.1. The lowest BCUT2D eigenvalue weighted by Crippen LogP contribution is -2.46. The summed E-state index contributed by atoms with van der Waals surface area (Å²) in [5.41, 5.74) is 0.611. The lowest BCUT2D eigenvalue weighted by atomic mass is 9.63. The fourth-order valence-corrected chi connectivity index (χ4v) is 5.53. The molecule has 2 saturated carbocycles. The number of amides is 3. The number of rotatable bonds is 5. The van der Waals surface area contributed by atoms with Gasteiger partial charge >= 0.3 is 0 Å². The van der Waals surface area contributed by atoms with E-state index in [0.29, 0.717) is 24.1 Å². The van der Waals surface area contributed by atoms with E-state index in [-0.39, 0.29) is 41.4 Å². The van der Waals surface area contributed by atoms with Gasteiger partial charge in [-0.1, -0.05) is 12.2 Å². The standard InChI is InChI=1S/C22H24N2O4/c1-3-28-13-6-4-12(5-7-13)23-20(25)11(2)24-21(26)18-14-8-9-15(17-10-16(14)17)19(18)22(24)27/h4-9,11,14-19H,3,10H2,1-2H3,(H,23,25)/t11-,14-,15-,16-,17+,18+,19+/m0/s1. The van der Waals surface area contributed by atoms with Gasteiger partial charge in [-0.2, -0.15) is 0 Å². The molecule has 2 bridgehead atoms. The summed E-state index contributed by atoms with van der Waals surface area (Å²) < 4.78 is 5.40. The Labute approximate surface area is 163 Å². The number of hydrogen-bond donors (Lipinski definition) is 1. The highest BCUT2D eigenvalue weighted by molar-refractivity contribution is 6.10. The van der Waals surface area contributed by atoms with Crippen molar-refractivity contribution in [2.24, 2.45) is 35.5 Å². The van der Waals surface area contributed by atoms with E-state index >= 15 is 0 Å². The van der Waals surface area contributed by atoms with Crippen molar-refractivity contribution < 1.29 is 19.1 Å². The number of likely N-dealkylation sites (tertiary alicyclic amines) is 1. The average molecular weight is 380 g/mol. The molecule has 4 aliphatic carbocycles. The lowest BCUT2D eigenvalue weighted by molar-refractivity contribution is -0.146. The molecule has 0 aromatic heterocycles. The first-order chi connectivity index (χ1) is 13.5. The summed E-state index contributed by atoms with van der Waals surface area (Å²) in [5.74, 6) is 0.939. The Morgan fingerprint density at radius 3 is 2.21 bits per heavy atom. The molecule has 1 aromatic carbocycles. The van der Waals surface area contributed by atoms with Crippen LogP contribution in [0.25, 0.3) is 0 Å². The molecule has 6 heteroatoms. The highest BCUT2D eigenvalue weighted by atomic mass is 16.5. The SMILES string of the molecule is CCOc1ccc(NC(=O)[C@H](C)N2C(=O)[C@@H]3[C@H]4C=C[C@@H]([C@@H]5C[C@H]45)[C@H]3C2=O)cc1. The molecule has 146 valence electrons. The van der Waals surface area contributed by atoms with Gasteiger partial charge in [-0.3, -0.25) is 19.3 Å². The molecular weight excluding hydrogens is 356 g/mol. The Morgan fingerprint density at radius 1 is 1.11 bits per heavy atom. The summed E-state index contributed by atoms with van der Waals surface area (Å²) in [6.07, 6.45) is 5.41. The number of nitrogens with zero attached hydrogens (tertiary/aromatic N) is 1. The normalized spacial score (nSPS) is 35.4. The van der Waals surface area contributed by atoms with Crippen molar-refractivity contribution in [2.75, 3.05) is 11.9 Å². The monoisotopic (exact) mass is 380 g/mol. The summed E-state index contributed by atoms with van der Waals surface area (Å²) >= 11 is 0. The van der Waals surface area contributed by atoms with Crippen molar-refractivity contribution in [2.45, 2.75) is 26.3 Å². The third kappa shape index (κ3) is 2.43. The predicted octanol–water partition coefficient (Wildman–Crippen LogP) is 2.47. The van der Waals surface area contributed by atoms with Crippen LogP contribution in [0.15, 0.2) is 36.4 Å². The van der Waals surface area contributed by atoms with Crippen LogP contribution in [0, 0.1) is 35.5 Å². The van der Waals surface area contributed by atoms with Crippen molar-refractivity contribution in [3.05, 3.63) is 36.4 Å². The van der Waals surface area contributed by atoms with Crippen LogP contribution in [-0.2, 0) is 14.4 Å². The number of allylic oxidation sites excluding steroid dienone is 2. The molecule has 1 N–H and O–H groups in total. The van der Waals surface area contributed by atoms with Gasteiger partial charge < -0.3 is 10.1 Å². The number of imide groups is 1. The van der Waals surface area contributed by atoms with E-state index in [0.717, 1.165) is 12.2 Å². The van der Waals surface area contributed by atoms with Gasteiger partial charge in [-0.05, 0) is 68.2 Å². The zero-order valence-electron chi connectivity index (χ0n) is 16.0. The Balaban J connectivity index is 1.31. The van der Waals surface area contributed by atoms with Crippen LogP contribution in [0.3, 0.4) is 0 Å². The Hall–Kier alpha value is -2.63. The zero-order valence-corrected chi connectivity index (χ0v) is 16.0. The van der Waals surface area contributed by atoms with E-state index in [1.165, 1.54) is 4.90 Å². The number of anilines is 1. The van der Waals surface area contributed by atoms with Gasteiger partial charge in [0.2, 0.25) is 17.7 Å². The number of carbonyl (C=O) groups is 3. The molecule has 7 atom stereocenters. The minimum atomic E-state index is -0.826. The van der Waals surface area contributed by atoms with Crippen molar-refractivity contribution in [3.63, 3.8) is 0 Å². The van der Waals surface area contributed by atoms with Gasteiger partial charge in [0.25, 0.3) is 0 Å². The summed E-state index contributed by atoms with van der Waals surface area (Å²) in [6, 6.07) is 6.23. The van der Waals surface area contributed by atoms with Crippen LogP contribution in [0.5, 0.6) is 5.75 Å². The van der Waals surface area contributed by atoms with E-state index in [1.54, 1.807) is 31.2 Å². The van der Waals surface area contributed by atoms with Gasteiger partial charge in [0.15, 0.2) is 0 Å². The minimum absolute atomic E-state index is 0.169. The van der Waals surface area contributed by atoms with Crippen LogP contribution < -0.4 is 10.1 Å². The first kappa shape index (κ1) is 17.5. The highest BCUT2D eigenvalue weighted by Crippen LogP contribution is 2.65. The summed E-state index contributed by atoms with van der Waals surface area (Å²) in [4.78, 5) is 40.2. The van der Waals surface area contributed by atoms with Gasteiger partial charge in [-0.15, -0.1) is 0 Å². The van der Waals surface area contributed by atoms with E-state index in [9.17, 15) is 14.4 Å². The van der Waals surface area contributed by atoms with E-state index in [1.807, 2.05) is 6.92 Å². The molecule has 3 fully saturated rings. The third-order valence-electron chi connectivity index (χ3n) is 6.90. The molecule has 5 aliphatic rings. The second kappa shape index (κ2) is 6.19. The topological polar surface area (TPSA) is 75.7 Å². The van der Waals surface area contributed by atoms with Gasteiger partial charge in [-0.25, -0.2) is 0 Å². The fraction of sp³-hybridized carbons (Fsp3) is 0.500. The quantitative estimate of drug-likeness (QED) is 0.629. The lowest BCUT2D eigenvalue weighted by Gasteiger charge is -2.37. The van der Waals surface area contributed by atoms with Crippen LogP contribution in [0.4, 0.5) is 5.69 Å². The average Bonchev–Trinajstić information content (AvgIpc) is 3.47. The van der Waals surface area contributed by atoms with Crippen LogP contribution >= 0.6 is 0 Å². The largest absolute Gasteiger partial charge is 0.494 e. The first-order valence-corrected chi connectivity index (χ1v) is 10.1. The molecule has 1 aliphatic heterocycles. The predicted molar refractivity (Wildman–Crippen MR) is 102 cm³/mol. The molecule has 28 heavy (non-hydrogen) atoms. The smallest absolute Gasteiger partial charge is 0.247 e. The summed E-state index contributed by atoms with van der Waals surface area (Å²) in [6.45, 7) is 4.11. The molecule has 1 aromatic rings. The first-order valence-electron chi connectivity index (χ1n) is 10.1. The molecular formula is C22H24N2O4. The summed E-state index contributed by atoms with van der Waals surface area (Å²) in [5, 5.41) is 2.81. The van der Waals surface area contributed by atoms with E-state index < -0.39 is 6.04 Å².